The van der Waals surface area contributed by atoms with Crippen LogP contribution < -0.4 is 5.32 Å². The summed E-state index contributed by atoms with van der Waals surface area (Å²) in [5, 5.41) is 3.62. The van der Waals surface area contributed by atoms with Crippen molar-refractivity contribution >= 4 is 0 Å². The Hall–Kier alpha value is -0.860. The zero-order chi connectivity index (χ0) is 13.8. The Morgan fingerprint density at radius 1 is 1.20 bits per heavy atom. The summed E-state index contributed by atoms with van der Waals surface area (Å²) in [7, 11) is 2.14. The van der Waals surface area contributed by atoms with E-state index < -0.39 is 0 Å². The van der Waals surface area contributed by atoms with Gasteiger partial charge in [0, 0.05) is 19.3 Å². The van der Waals surface area contributed by atoms with Crippen molar-refractivity contribution in [1.82, 2.24) is 5.32 Å². The van der Waals surface area contributed by atoms with Crippen molar-refractivity contribution in [3.8, 4) is 0 Å². The maximum atomic E-state index is 5.50. The van der Waals surface area contributed by atoms with Gasteiger partial charge in [0.15, 0.2) is 0 Å². The monoisotopic (exact) mass is 273 g/mol. The minimum absolute atomic E-state index is 0.625. The summed E-state index contributed by atoms with van der Waals surface area (Å²) < 4.78 is 5.50. The van der Waals surface area contributed by atoms with Crippen LogP contribution in [0, 0.1) is 5.92 Å². The van der Waals surface area contributed by atoms with E-state index >= 15 is 0 Å². The fraction of sp³-hybridized carbons (Fsp3) is 0.667. The Bertz CT molecular complexity index is 425. The minimum atomic E-state index is 0.625. The van der Waals surface area contributed by atoms with E-state index in [1.165, 1.54) is 38.5 Å². The second-order valence-electron chi connectivity index (χ2n) is 6.38. The molecule has 2 aliphatic rings. The molecule has 2 nitrogen and oxygen atoms in total. The van der Waals surface area contributed by atoms with Crippen molar-refractivity contribution < 1.29 is 4.74 Å². The Morgan fingerprint density at radius 2 is 2.00 bits per heavy atom. The van der Waals surface area contributed by atoms with Gasteiger partial charge in [0.1, 0.15) is 0 Å². The fourth-order valence-corrected chi connectivity index (χ4v) is 4.03. The first kappa shape index (κ1) is 14.1. The number of ether oxygens (including phenoxy) is 1. The van der Waals surface area contributed by atoms with E-state index in [9.17, 15) is 0 Å². The molecule has 1 aromatic rings. The van der Waals surface area contributed by atoms with Gasteiger partial charge >= 0.3 is 0 Å². The van der Waals surface area contributed by atoms with E-state index in [2.05, 4.69) is 36.6 Å². The van der Waals surface area contributed by atoms with Gasteiger partial charge < -0.3 is 10.1 Å². The average molecular weight is 273 g/mol. The molecule has 1 heterocycles. The van der Waals surface area contributed by atoms with Gasteiger partial charge in [-0.25, -0.2) is 0 Å². The lowest BCUT2D eigenvalue weighted by molar-refractivity contribution is 0.0594. The highest BCUT2D eigenvalue weighted by molar-refractivity contribution is 5.33. The van der Waals surface area contributed by atoms with Crippen LogP contribution in [0.4, 0.5) is 0 Å². The predicted molar refractivity (Wildman–Crippen MR) is 83.1 cm³/mol. The molecule has 0 bridgehead atoms. The Labute approximate surface area is 122 Å². The molecule has 1 aliphatic carbocycles. The molecule has 3 rings (SSSR count). The second kappa shape index (κ2) is 6.73. The lowest BCUT2D eigenvalue weighted by Gasteiger charge is -2.35. The number of hydrogen-bond donors (Lipinski definition) is 1. The van der Waals surface area contributed by atoms with Crippen molar-refractivity contribution in [2.45, 2.75) is 50.5 Å². The molecule has 2 atom stereocenters. The quantitative estimate of drug-likeness (QED) is 0.906. The molecule has 2 unspecified atom stereocenters. The first-order valence-electron chi connectivity index (χ1n) is 8.21. The minimum Gasteiger partial charge on any atom is -0.381 e. The fourth-order valence-electron chi connectivity index (χ4n) is 4.03. The van der Waals surface area contributed by atoms with Gasteiger partial charge in [0.25, 0.3) is 0 Å². The van der Waals surface area contributed by atoms with Gasteiger partial charge in [0.2, 0.25) is 0 Å². The van der Waals surface area contributed by atoms with Crippen molar-refractivity contribution in [3.05, 3.63) is 35.4 Å². The highest BCUT2D eigenvalue weighted by Crippen LogP contribution is 2.36. The third kappa shape index (κ3) is 3.07. The molecule has 1 aliphatic heterocycles. The largest absolute Gasteiger partial charge is 0.381 e. The van der Waals surface area contributed by atoms with Crippen molar-refractivity contribution in [1.29, 1.82) is 0 Å². The van der Waals surface area contributed by atoms with Crippen molar-refractivity contribution in [2.75, 3.05) is 20.3 Å². The molecule has 0 spiro atoms. The molecular formula is C18H27NO. The summed E-state index contributed by atoms with van der Waals surface area (Å²) in [6, 6.07) is 9.70. The Balaban J connectivity index is 1.72. The zero-order valence-corrected chi connectivity index (χ0v) is 12.6. The lowest BCUT2D eigenvalue weighted by Crippen LogP contribution is -2.36. The highest BCUT2D eigenvalue weighted by Gasteiger charge is 2.29. The van der Waals surface area contributed by atoms with Crippen LogP contribution >= 0.6 is 0 Å². The van der Waals surface area contributed by atoms with Gasteiger partial charge in [-0.15, -0.1) is 0 Å². The summed E-state index contributed by atoms with van der Waals surface area (Å²) >= 11 is 0. The average Bonchev–Trinajstić information content (AvgIpc) is 2.53. The third-order valence-electron chi connectivity index (χ3n) is 5.20. The van der Waals surface area contributed by atoms with Crippen molar-refractivity contribution in [3.63, 3.8) is 0 Å². The van der Waals surface area contributed by atoms with E-state index in [0.29, 0.717) is 12.0 Å². The first-order valence-corrected chi connectivity index (χ1v) is 8.21. The third-order valence-corrected chi connectivity index (χ3v) is 5.20. The predicted octanol–water partition coefficient (Wildman–Crippen LogP) is 3.51. The van der Waals surface area contributed by atoms with Gasteiger partial charge in [-0.2, -0.15) is 0 Å². The normalized spacial score (nSPS) is 25.1. The van der Waals surface area contributed by atoms with Gasteiger partial charge in [-0.1, -0.05) is 24.3 Å². The molecule has 2 heteroatoms. The lowest BCUT2D eigenvalue weighted by atomic mass is 9.75. The number of nitrogens with one attached hydrogen (secondary N) is 1. The zero-order valence-electron chi connectivity index (χ0n) is 12.6. The Morgan fingerprint density at radius 3 is 2.80 bits per heavy atom. The molecule has 1 saturated heterocycles. The maximum absolute atomic E-state index is 5.50. The number of benzene rings is 1. The molecular weight excluding hydrogens is 246 g/mol. The molecule has 0 aromatic heterocycles. The van der Waals surface area contributed by atoms with E-state index in [0.717, 1.165) is 19.1 Å². The SMILES string of the molecule is CNC(CC1CCOCC1)C1CCCc2ccccc21. The number of rotatable bonds is 4. The summed E-state index contributed by atoms with van der Waals surface area (Å²) in [6.07, 6.45) is 7.73. The molecule has 0 radical (unpaired) electrons. The second-order valence-corrected chi connectivity index (χ2v) is 6.38. The van der Waals surface area contributed by atoms with Crippen LogP contribution in [0.5, 0.6) is 0 Å². The summed E-state index contributed by atoms with van der Waals surface area (Å²) in [5.41, 5.74) is 3.18. The number of likely N-dealkylation sites (N-methyl/N-ethyl adjacent to an activating group) is 1. The van der Waals surface area contributed by atoms with Gasteiger partial charge in [-0.3, -0.25) is 0 Å². The van der Waals surface area contributed by atoms with Crippen LogP contribution in [-0.2, 0) is 11.2 Å². The van der Waals surface area contributed by atoms with Crippen LogP contribution in [-0.4, -0.2) is 26.3 Å². The van der Waals surface area contributed by atoms with Crippen LogP contribution in [0.2, 0.25) is 0 Å². The topological polar surface area (TPSA) is 21.3 Å². The summed E-state index contributed by atoms with van der Waals surface area (Å²) in [5.74, 6) is 1.54. The van der Waals surface area contributed by atoms with Crippen LogP contribution in [0.3, 0.4) is 0 Å². The van der Waals surface area contributed by atoms with Gasteiger partial charge in [-0.05, 0) is 68.5 Å². The molecule has 1 N–H and O–H groups in total. The number of aryl methyl sites for hydroxylation is 1. The first-order chi connectivity index (χ1) is 9.88. The molecule has 20 heavy (non-hydrogen) atoms. The Kier molecular flexibility index (Phi) is 4.74. The van der Waals surface area contributed by atoms with Crippen molar-refractivity contribution in [2.24, 2.45) is 5.92 Å². The number of hydrogen-bond acceptors (Lipinski definition) is 2. The maximum Gasteiger partial charge on any atom is 0.0468 e. The summed E-state index contributed by atoms with van der Waals surface area (Å²) in [6.45, 7) is 1.92. The smallest absolute Gasteiger partial charge is 0.0468 e. The van der Waals surface area contributed by atoms with E-state index in [1.54, 1.807) is 11.1 Å². The van der Waals surface area contributed by atoms with Gasteiger partial charge in [0.05, 0.1) is 0 Å². The van der Waals surface area contributed by atoms with Crippen LogP contribution in [0.15, 0.2) is 24.3 Å². The van der Waals surface area contributed by atoms with Crippen LogP contribution in [0.25, 0.3) is 0 Å². The molecule has 0 amide bonds. The van der Waals surface area contributed by atoms with Crippen LogP contribution in [0.1, 0.15) is 49.1 Å². The molecule has 1 fully saturated rings. The highest BCUT2D eigenvalue weighted by atomic mass is 16.5. The number of fused-ring (bicyclic) bond motifs is 1. The molecule has 1 aromatic carbocycles. The van der Waals surface area contributed by atoms with E-state index in [1.807, 2.05) is 0 Å². The molecule has 0 saturated carbocycles. The molecule has 110 valence electrons. The van der Waals surface area contributed by atoms with E-state index in [4.69, 9.17) is 4.74 Å². The standard InChI is InChI=1S/C18H27NO/c1-19-18(13-14-9-11-20-12-10-14)17-8-4-6-15-5-2-3-7-16(15)17/h2-3,5,7,14,17-19H,4,6,8-13H2,1H3. The van der Waals surface area contributed by atoms with E-state index in [-0.39, 0.29) is 0 Å². The summed E-state index contributed by atoms with van der Waals surface area (Å²) in [4.78, 5) is 0.